The molecular weight excluding hydrogens is 584 g/mol. The van der Waals surface area contributed by atoms with Gasteiger partial charge >= 0.3 is 12.2 Å². The van der Waals surface area contributed by atoms with Crippen molar-refractivity contribution in [3.63, 3.8) is 0 Å². The molecule has 18 heteroatoms. The van der Waals surface area contributed by atoms with Crippen LogP contribution in [0.1, 0.15) is 25.7 Å². The number of hydrogen-bond acceptors (Lipinski definition) is 14. The maximum Gasteiger partial charge on any atom is 0.404 e. The number of nitrogens with zero attached hydrogens (tertiary/aromatic N) is 2. The second-order valence-corrected chi connectivity index (χ2v) is 12.5. The summed E-state index contributed by atoms with van der Waals surface area (Å²) in [4.78, 5) is 88.3. The fourth-order valence-corrected chi connectivity index (χ4v) is 8.59. The van der Waals surface area contributed by atoms with Crippen molar-refractivity contribution in [2.24, 2.45) is 28.9 Å². The first-order valence-electron chi connectivity index (χ1n) is 12.8. The molecule has 0 bridgehead atoms. The zero-order valence-corrected chi connectivity index (χ0v) is 23.5. The van der Waals surface area contributed by atoms with Crippen molar-refractivity contribution in [2.75, 3.05) is 24.7 Å². The summed E-state index contributed by atoms with van der Waals surface area (Å²) >= 11 is 2.59. The fourth-order valence-electron chi connectivity index (χ4n) is 5.68. The van der Waals surface area contributed by atoms with E-state index in [9.17, 15) is 33.6 Å². The first kappa shape index (κ1) is 30.9. The van der Waals surface area contributed by atoms with Gasteiger partial charge in [0.1, 0.15) is 35.5 Å². The molecule has 4 aliphatic heterocycles. The average Bonchev–Trinajstić information content (AvgIpc) is 2.95. The largest absolute Gasteiger partial charge is 0.454 e. The molecule has 4 rings (SSSR count). The normalized spacial score (nSPS) is 33.9. The fraction of sp³-hybridized carbons (Fsp3) is 0.696. The zero-order chi connectivity index (χ0) is 30.1. The van der Waals surface area contributed by atoms with Crippen LogP contribution in [0.2, 0.25) is 0 Å². The molecule has 0 aromatic carbocycles. The number of ether oxygens (including phenoxy) is 3. The number of Topliss-reactive ketones (excluding diaryl/α,β-unsaturated/α-hetero) is 2. The summed E-state index contributed by atoms with van der Waals surface area (Å²) in [5, 5.41) is -0.874. The number of thioether (sulfide) groups is 2. The Morgan fingerprint density at radius 1 is 0.902 bits per heavy atom. The Morgan fingerprint density at radius 2 is 1.49 bits per heavy atom. The maximum absolute atomic E-state index is 13.5. The van der Waals surface area contributed by atoms with E-state index in [0.29, 0.717) is 5.75 Å². The van der Waals surface area contributed by atoms with Gasteiger partial charge in [0, 0.05) is 30.3 Å². The molecule has 0 saturated carbocycles. The van der Waals surface area contributed by atoms with Crippen molar-refractivity contribution in [1.82, 2.24) is 9.80 Å². The highest BCUT2D eigenvalue weighted by atomic mass is 32.2. The molecule has 0 aliphatic carbocycles. The Bertz CT molecular complexity index is 1130. The van der Waals surface area contributed by atoms with Gasteiger partial charge in [-0.25, -0.2) is 9.59 Å². The zero-order valence-electron chi connectivity index (χ0n) is 21.9. The molecule has 4 heterocycles. The minimum Gasteiger partial charge on any atom is -0.454 e. The van der Waals surface area contributed by atoms with E-state index >= 15 is 0 Å². The summed E-state index contributed by atoms with van der Waals surface area (Å²) in [6.45, 7) is -0.566. The van der Waals surface area contributed by atoms with E-state index in [2.05, 4.69) is 0 Å². The number of fused-ring (bicyclic) bond motifs is 2. The molecule has 0 spiro atoms. The average molecular weight is 617 g/mol. The Kier molecular flexibility index (Phi) is 9.35. The van der Waals surface area contributed by atoms with Crippen LogP contribution in [0.5, 0.6) is 0 Å². The number of amides is 4. The number of hydrogen-bond donors (Lipinski definition) is 4. The van der Waals surface area contributed by atoms with Crippen LogP contribution in [0.25, 0.3) is 0 Å². The summed E-state index contributed by atoms with van der Waals surface area (Å²) in [5.74, 6) is -1.64. The van der Waals surface area contributed by atoms with Crippen molar-refractivity contribution < 1.29 is 47.8 Å². The van der Waals surface area contributed by atoms with Gasteiger partial charge in [-0.15, -0.1) is 23.5 Å². The summed E-state index contributed by atoms with van der Waals surface area (Å²) < 4.78 is 15.1. The van der Waals surface area contributed by atoms with Gasteiger partial charge in [-0.2, -0.15) is 0 Å². The SMILES string of the molecule is NC(=O)OCC1CS[C@@H]2C(N)C(=O)N2C1C(=O)CCCCC(=O)C1N2C(=O)C(N)[C@H]2SCC1(COC(N)=O)OC=O. The highest BCUT2D eigenvalue weighted by Crippen LogP contribution is 2.44. The molecule has 41 heavy (non-hydrogen) atoms. The molecular formula is C23H32N6O10S2. The molecule has 4 saturated heterocycles. The topological polar surface area (TPSA) is 258 Å². The molecule has 8 atom stereocenters. The molecule has 226 valence electrons. The van der Waals surface area contributed by atoms with Gasteiger partial charge < -0.3 is 46.9 Å². The number of carbonyl (C=O) groups excluding carboxylic acids is 7. The third kappa shape index (κ3) is 5.82. The van der Waals surface area contributed by atoms with E-state index in [1.807, 2.05) is 0 Å². The lowest BCUT2D eigenvalue weighted by atomic mass is 9.85. The van der Waals surface area contributed by atoms with Crippen LogP contribution in [-0.4, -0.2) is 117 Å². The van der Waals surface area contributed by atoms with Gasteiger partial charge in [0.2, 0.25) is 11.8 Å². The van der Waals surface area contributed by atoms with Crippen LogP contribution in [-0.2, 0) is 38.2 Å². The van der Waals surface area contributed by atoms with Gasteiger partial charge in [0.15, 0.2) is 17.2 Å². The summed E-state index contributed by atoms with van der Waals surface area (Å²) in [5.41, 5.74) is 20.3. The predicted molar refractivity (Wildman–Crippen MR) is 143 cm³/mol. The van der Waals surface area contributed by atoms with Crippen molar-refractivity contribution >= 4 is 65.6 Å². The smallest absolute Gasteiger partial charge is 0.404 e. The maximum atomic E-state index is 13.5. The lowest BCUT2D eigenvalue weighted by molar-refractivity contribution is -0.178. The first-order chi connectivity index (χ1) is 19.4. The van der Waals surface area contributed by atoms with Crippen molar-refractivity contribution in [1.29, 1.82) is 0 Å². The third-order valence-corrected chi connectivity index (χ3v) is 10.7. The molecule has 6 unspecified atom stereocenters. The molecule has 0 radical (unpaired) electrons. The highest BCUT2D eigenvalue weighted by molar-refractivity contribution is 8.00. The van der Waals surface area contributed by atoms with Crippen LogP contribution in [0, 0.1) is 5.92 Å². The summed E-state index contributed by atoms with van der Waals surface area (Å²) in [6, 6.07) is -3.67. The first-order valence-corrected chi connectivity index (χ1v) is 14.9. The Hall–Kier alpha value is -3.09. The number of β-lactam (4-membered cyclic amide) rings is 2. The predicted octanol–water partition coefficient (Wildman–Crippen LogP) is -2.37. The van der Waals surface area contributed by atoms with Crippen LogP contribution >= 0.6 is 23.5 Å². The van der Waals surface area contributed by atoms with E-state index in [-0.39, 0.29) is 61.6 Å². The molecule has 8 N–H and O–H groups in total. The second-order valence-electron chi connectivity index (χ2n) is 10.2. The van der Waals surface area contributed by atoms with Gasteiger partial charge in [-0.3, -0.25) is 24.0 Å². The number of primary amides is 2. The van der Waals surface area contributed by atoms with Gasteiger partial charge in [-0.1, -0.05) is 0 Å². The standard InChI is InChI=1S/C23H32N6O10S2/c24-13-17(33)28-15(10(5-37-21(26)35)6-40-19(13)28)11(31)3-1-2-4-12(32)16-23(39-9-30,7-38-22(27)36)8-41-20-14(25)18(34)29(16)20/h9-10,13-16,19-20H,1-8,24-25H2,(H2,26,35)(H2,27,36)/t10?,13?,14?,15?,16?,19-,20-,23?/m1/s1. The van der Waals surface area contributed by atoms with E-state index < -0.39 is 71.5 Å². The lowest BCUT2D eigenvalue weighted by Crippen LogP contribution is -2.79. The number of nitrogens with two attached hydrogens (primary N) is 4. The van der Waals surface area contributed by atoms with Crippen molar-refractivity contribution in [2.45, 2.75) is 66.2 Å². The molecule has 4 amide bonds. The van der Waals surface area contributed by atoms with Crippen LogP contribution < -0.4 is 22.9 Å². The molecule has 0 aromatic rings. The molecule has 0 aromatic heterocycles. The van der Waals surface area contributed by atoms with E-state index in [1.54, 1.807) is 0 Å². The van der Waals surface area contributed by atoms with Crippen LogP contribution in [0.4, 0.5) is 9.59 Å². The Labute approximate surface area is 242 Å². The number of carbonyl (C=O) groups is 7. The van der Waals surface area contributed by atoms with Crippen LogP contribution in [0.3, 0.4) is 0 Å². The highest BCUT2D eigenvalue weighted by Gasteiger charge is 2.63. The van der Waals surface area contributed by atoms with Gasteiger partial charge in [0.25, 0.3) is 6.47 Å². The van der Waals surface area contributed by atoms with Gasteiger partial charge in [-0.05, 0) is 12.8 Å². The Balaban J connectivity index is 1.40. The number of rotatable bonds is 13. The molecule has 16 nitrogen and oxygen atoms in total. The third-order valence-electron chi connectivity index (χ3n) is 7.66. The molecule has 4 fully saturated rings. The second kappa shape index (κ2) is 12.4. The summed E-state index contributed by atoms with van der Waals surface area (Å²) in [7, 11) is 0. The minimum atomic E-state index is -1.67. The number of unbranched alkanes of at least 4 members (excludes halogenated alkanes) is 1. The minimum absolute atomic E-state index is 0.0128. The molecule has 4 aliphatic rings. The quantitative estimate of drug-likeness (QED) is 0.0730. The van der Waals surface area contributed by atoms with E-state index in [1.165, 1.54) is 33.3 Å². The van der Waals surface area contributed by atoms with Crippen LogP contribution in [0.15, 0.2) is 0 Å². The van der Waals surface area contributed by atoms with E-state index in [4.69, 9.17) is 37.1 Å². The lowest BCUT2D eigenvalue weighted by Gasteiger charge is -2.57. The summed E-state index contributed by atoms with van der Waals surface area (Å²) in [6.07, 6.45) is -1.74. The van der Waals surface area contributed by atoms with Gasteiger partial charge in [0.05, 0.1) is 12.6 Å². The van der Waals surface area contributed by atoms with Crippen molar-refractivity contribution in [3.8, 4) is 0 Å². The number of ketones is 2. The monoisotopic (exact) mass is 616 g/mol. The van der Waals surface area contributed by atoms with E-state index in [0.717, 1.165) is 0 Å². The van der Waals surface area contributed by atoms with Crippen molar-refractivity contribution in [3.05, 3.63) is 0 Å². The Morgan fingerprint density at radius 3 is 2.10 bits per heavy atom.